The Morgan fingerprint density at radius 3 is 1.75 bits per heavy atom. The molecule has 15 nitrogen and oxygen atoms in total. The summed E-state index contributed by atoms with van der Waals surface area (Å²) >= 11 is 0. The van der Waals surface area contributed by atoms with Crippen molar-refractivity contribution in [3.05, 3.63) is 129 Å². The summed E-state index contributed by atoms with van der Waals surface area (Å²) in [4.78, 5) is 68.4. The number of rotatable bonds is 7. The van der Waals surface area contributed by atoms with E-state index in [4.69, 9.17) is 10.7 Å². The molecular weight excluding hydrogens is 652 g/mol. The van der Waals surface area contributed by atoms with E-state index in [2.05, 4.69) is 29.9 Å². The van der Waals surface area contributed by atoms with Gasteiger partial charge in [0.2, 0.25) is 5.78 Å². The number of aromatic nitrogens is 6. The van der Waals surface area contributed by atoms with Gasteiger partial charge in [0.1, 0.15) is 6.61 Å². The highest BCUT2D eigenvalue weighted by Gasteiger charge is 2.31. The van der Waals surface area contributed by atoms with Crippen LogP contribution in [0.25, 0.3) is 33.4 Å². The maximum atomic E-state index is 12.9. The summed E-state index contributed by atoms with van der Waals surface area (Å²) in [5, 5.41) is 5.16. The average molecular weight is 689 g/mol. The second kappa shape index (κ2) is 15.3. The summed E-state index contributed by atoms with van der Waals surface area (Å²) in [6, 6.07) is 21.4. The molecule has 0 saturated heterocycles. The Hall–Kier alpha value is -6.00. The minimum atomic E-state index is -0.258. The maximum Gasteiger partial charge on any atom is 0.267 e. The predicted octanol–water partition coefficient (Wildman–Crippen LogP) is 2.19. The van der Waals surface area contributed by atoms with Crippen molar-refractivity contribution in [3.8, 4) is 11.4 Å². The molecule has 0 amide bonds. The maximum absolute atomic E-state index is 12.9. The predicted molar refractivity (Wildman–Crippen MR) is 193 cm³/mol. The standard InChI is InChI=1S/C18H17N5O2.C14H7N3O2.C4H12N2O/c1-22(2)10-11-25-21-15-12-6-3-4-8-14(12)23-17(15)20-16-13(18(23)24)7-5-9-19-16;18-11-8-4-1-2-6-10(8)17-13(11)16-12-9(14(17)19)5-3-7-15-12;1-6(2)3-4-7-5/h3-9H,10-11H2,1-2H3;1-7H;3-5H2,1-2H3. The van der Waals surface area contributed by atoms with Crippen molar-refractivity contribution < 1.29 is 14.5 Å². The van der Waals surface area contributed by atoms with Gasteiger partial charge in [0.05, 0.1) is 34.3 Å². The van der Waals surface area contributed by atoms with Gasteiger partial charge in [-0.25, -0.2) is 25.8 Å². The summed E-state index contributed by atoms with van der Waals surface area (Å²) in [6.07, 6.45) is 3.18. The lowest BCUT2D eigenvalue weighted by Crippen LogP contribution is -2.22. The van der Waals surface area contributed by atoms with Crippen molar-refractivity contribution in [2.24, 2.45) is 11.1 Å². The van der Waals surface area contributed by atoms with E-state index in [1.54, 1.807) is 65.5 Å². The third kappa shape index (κ3) is 7.04. The van der Waals surface area contributed by atoms with E-state index in [9.17, 15) is 14.4 Å². The first-order valence-corrected chi connectivity index (χ1v) is 16.0. The summed E-state index contributed by atoms with van der Waals surface area (Å²) < 4.78 is 2.94. The molecule has 51 heavy (non-hydrogen) atoms. The highest BCUT2D eigenvalue weighted by atomic mass is 16.6. The number of oxime groups is 1. The Balaban J connectivity index is 0.000000152. The molecule has 0 unspecified atom stereocenters. The molecule has 0 radical (unpaired) electrons. The molecule has 2 aliphatic heterocycles. The van der Waals surface area contributed by atoms with Gasteiger partial charge in [-0.1, -0.05) is 35.5 Å². The molecule has 2 aliphatic rings. The number of hydrogen-bond donors (Lipinski definition) is 1. The second-order valence-electron chi connectivity index (χ2n) is 12.0. The third-order valence-electron chi connectivity index (χ3n) is 7.93. The van der Waals surface area contributed by atoms with Crippen LogP contribution in [-0.4, -0.2) is 105 Å². The summed E-state index contributed by atoms with van der Waals surface area (Å²) in [6.45, 7) is 2.69. The quantitative estimate of drug-likeness (QED) is 0.191. The fourth-order valence-electron chi connectivity index (χ4n) is 5.43. The molecule has 0 bridgehead atoms. The summed E-state index contributed by atoms with van der Waals surface area (Å²) in [5.41, 5.74) is 3.54. The lowest BCUT2D eigenvalue weighted by atomic mass is 10.1. The number of para-hydroxylation sites is 2. The fourth-order valence-corrected chi connectivity index (χ4v) is 5.43. The number of nitrogens with two attached hydrogens (primary N) is 1. The molecule has 6 aromatic rings. The van der Waals surface area contributed by atoms with Gasteiger partial charge in [-0.05, 0) is 70.7 Å². The van der Waals surface area contributed by atoms with Crippen LogP contribution in [0, 0.1) is 0 Å². The molecule has 2 aromatic carbocycles. The lowest BCUT2D eigenvalue weighted by Gasteiger charge is -2.08. The fraction of sp³-hybridized carbons (Fsp3) is 0.222. The van der Waals surface area contributed by atoms with Crippen LogP contribution in [0.15, 0.2) is 99.9 Å². The van der Waals surface area contributed by atoms with Crippen molar-refractivity contribution in [2.75, 3.05) is 54.5 Å². The van der Waals surface area contributed by atoms with Crippen LogP contribution in [-0.2, 0) is 9.68 Å². The van der Waals surface area contributed by atoms with Crippen molar-refractivity contribution >= 4 is 33.6 Å². The topological polar surface area (TPSA) is 176 Å². The van der Waals surface area contributed by atoms with E-state index >= 15 is 0 Å². The minimum Gasteiger partial charge on any atom is -0.394 e. The number of carbonyl (C=O) groups is 1. The zero-order valence-electron chi connectivity index (χ0n) is 28.6. The Bertz CT molecular complexity index is 2390. The van der Waals surface area contributed by atoms with E-state index in [1.165, 1.54) is 4.57 Å². The Labute approximate surface area is 292 Å². The minimum absolute atomic E-state index is 0.136. The molecule has 8 rings (SSSR count). The van der Waals surface area contributed by atoms with Crippen LogP contribution in [0.3, 0.4) is 0 Å². The number of carbonyl (C=O) groups excluding carboxylic acids is 1. The van der Waals surface area contributed by atoms with Gasteiger partial charge in [0.25, 0.3) is 11.1 Å². The first-order valence-electron chi connectivity index (χ1n) is 16.0. The smallest absolute Gasteiger partial charge is 0.267 e. The molecule has 0 spiro atoms. The van der Waals surface area contributed by atoms with Gasteiger partial charge >= 0.3 is 0 Å². The molecule has 0 aliphatic carbocycles. The van der Waals surface area contributed by atoms with Crippen LogP contribution in [0.5, 0.6) is 0 Å². The van der Waals surface area contributed by atoms with Crippen LogP contribution in [0.4, 0.5) is 0 Å². The van der Waals surface area contributed by atoms with Crippen LogP contribution < -0.4 is 17.0 Å². The van der Waals surface area contributed by atoms with E-state index in [-0.39, 0.29) is 22.7 Å². The zero-order chi connectivity index (χ0) is 36.1. The first-order chi connectivity index (χ1) is 24.7. The number of hydrogen-bond acceptors (Lipinski definition) is 13. The molecule has 4 aromatic heterocycles. The first kappa shape index (κ1) is 34.8. The number of ketones is 1. The number of nitrogens with zero attached hydrogens (tertiary/aromatic N) is 9. The zero-order valence-corrected chi connectivity index (χ0v) is 28.6. The van der Waals surface area contributed by atoms with Crippen LogP contribution in [0.1, 0.15) is 27.6 Å². The number of pyridine rings is 2. The second-order valence-corrected chi connectivity index (χ2v) is 12.0. The number of likely N-dealkylation sites (N-methyl/N-ethyl adjacent to an activating group) is 2. The molecular formula is C36H36N10O5. The van der Waals surface area contributed by atoms with Crippen molar-refractivity contribution in [3.63, 3.8) is 0 Å². The van der Waals surface area contributed by atoms with Gasteiger partial charge in [-0.15, -0.1) is 0 Å². The van der Waals surface area contributed by atoms with Crippen molar-refractivity contribution in [2.45, 2.75) is 0 Å². The molecule has 15 heteroatoms. The molecule has 6 heterocycles. The Kier molecular flexibility index (Phi) is 10.4. The Morgan fingerprint density at radius 2 is 1.18 bits per heavy atom. The largest absolute Gasteiger partial charge is 0.394 e. The Morgan fingerprint density at radius 1 is 0.667 bits per heavy atom. The van der Waals surface area contributed by atoms with Crippen molar-refractivity contribution in [1.82, 2.24) is 38.9 Å². The monoisotopic (exact) mass is 688 g/mol. The number of fused-ring (bicyclic) bond motifs is 8. The molecule has 2 N–H and O–H groups in total. The van der Waals surface area contributed by atoms with E-state index in [0.29, 0.717) is 58.1 Å². The van der Waals surface area contributed by atoms with Gasteiger partial charge < -0.3 is 19.5 Å². The summed E-state index contributed by atoms with van der Waals surface area (Å²) in [7, 11) is 7.88. The molecule has 260 valence electrons. The SMILES string of the molecule is CN(C)CCON.CN(C)CCON=C1c2ccccc2-n2c1nc1ncccc1c2=O.O=C1c2ccccc2-n2c1nc1ncccc1c2=O. The van der Waals surface area contributed by atoms with Crippen LogP contribution in [0.2, 0.25) is 0 Å². The van der Waals surface area contributed by atoms with Gasteiger partial charge in [0, 0.05) is 31.0 Å². The van der Waals surface area contributed by atoms with E-state index in [1.807, 2.05) is 62.3 Å². The van der Waals surface area contributed by atoms with E-state index in [0.717, 1.165) is 24.3 Å². The van der Waals surface area contributed by atoms with Gasteiger partial charge in [0.15, 0.2) is 28.7 Å². The molecule has 0 fully saturated rings. The molecule has 0 saturated carbocycles. The highest BCUT2D eigenvalue weighted by molar-refractivity contribution is 6.16. The van der Waals surface area contributed by atoms with Gasteiger partial charge in [-0.2, -0.15) is 0 Å². The lowest BCUT2D eigenvalue weighted by molar-refractivity contribution is 0.103. The number of benzene rings is 2. The average Bonchev–Trinajstić information content (AvgIpc) is 3.61. The summed E-state index contributed by atoms with van der Waals surface area (Å²) in [5.74, 6) is 5.11. The molecule has 0 atom stereocenters. The van der Waals surface area contributed by atoms with Gasteiger partial charge in [-0.3, -0.25) is 23.5 Å². The highest BCUT2D eigenvalue weighted by Crippen LogP contribution is 2.27. The normalized spacial score (nSPS) is 13.0. The third-order valence-corrected chi connectivity index (χ3v) is 7.93. The van der Waals surface area contributed by atoms with E-state index < -0.39 is 0 Å². The van der Waals surface area contributed by atoms with Crippen molar-refractivity contribution in [1.29, 1.82) is 0 Å². The van der Waals surface area contributed by atoms with Crippen LogP contribution >= 0.6 is 0 Å².